The second-order valence-corrected chi connectivity index (χ2v) is 11.6. The van der Waals surface area contributed by atoms with Gasteiger partial charge in [-0.2, -0.15) is 4.57 Å². The number of benzene rings is 3. The van der Waals surface area contributed by atoms with Crippen LogP contribution >= 0.6 is 11.6 Å². The molecule has 1 unspecified atom stereocenters. The smallest absolute Gasteiger partial charge is 1.00 e. The predicted molar refractivity (Wildman–Crippen MR) is 172 cm³/mol. The van der Waals surface area contributed by atoms with Crippen LogP contribution in [-0.4, -0.2) is 23.5 Å². The Morgan fingerprint density at radius 1 is 0.884 bits per heavy atom. The summed E-state index contributed by atoms with van der Waals surface area (Å²) in [4.78, 5) is 18.7. The van der Waals surface area contributed by atoms with Gasteiger partial charge >= 0.3 is 41.3 Å². The molecule has 220 valence electrons. The molecule has 1 aliphatic heterocycles. The molecule has 0 fully saturated rings. The van der Waals surface area contributed by atoms with E-state index in [4.69, 9.17) is 21.3 Å². The third kappa shape index (κ3) is 9.15. The average Bonchev–Trinajstić information content (AvgIpc) is 3.33. The summed E-state index contributed by atoms with van der Waals surface area (Å²) >= 11 is 6.61. The maximum Gasteiger partial charge on any atom is 1.00 e. The number of ether oxygens (including phenoxy) is 1. The average molecular weight is 607 g/mol. The van der Waals surface area contributed by atoms with Gasteiger partial charge in [-0.15, -0.1) is 0 Å². The van der Waals surface area contributed by atoms with Crippen LogP contribution in [0.5, 0.6) is 5.75 Å². The van der Waals surface area contributed by atoms with Gasteiger partial charge < -0.3 is 6.16 Å². The topological polar surface area (TPSA) is 55.1 Å². The summed E-state index contributed by atoms with van der Waals surface area (Å²) in [5, 5.41) is 4.06. The number of nitrogens with one attached hydrogen (secondary N) is 1. The molecule has 1 atom stereocenters. The van der Waals surface area contributed by atoms with Crippen LogP contribution in [0.1, 0.15) is 81.3 Å². The van der Waals surface area contributed by atoms with Crippen LogP contribution < -0.4 is 44.2 Å². The first kappa shape index (κ1) is 33.2. The summed E-state index contributed by atoms with van der Waals surface area (Å²) < 4.78 is 7.72. The van der Waals surface area contributed by atoms with Gasteiger partial charge in [-0.1, -0.05) is 130 Å². The van der Waals surface area contributed by atoms with E-state index in [1.54, 1.807) is 4.57 Å². The number of carbonyl (C=O) groups is 1. The molecule has 1 aliphatic rings. The maximum atomic E-state index is 13.7. The van der Waals surface area contributed by atoms with E-state index in [-0.39, 0.29) is 36.9 Å². The molecular weight excluding hydrogens is 565 g/mol. The molecule has 0 aliphatic carbocycles. The molecule has 0 saturated carbocycles. The Hall–Kier alpha value is -2.70. The minimum atomic E-state index is -0.410. The number of aromatic nitrogens is 2. The van der Waals surface area contributed by atoms with Crippen molar-refractivity contribution in [1.29, 1.82) is 0 Å². The monoisotopic (exact) mass is 606 g/mol. The first-order chi connectivity index (χ1) is 20.6. The van der Waals surface area contributed by atoms with E-state index in [1.165, 1.54) is 44.9 Å². The minimum absolute atomic E-state index is 0. The van der Waals surface area contributed by atoms with Crippen molar-refractivity contribution in [2.24, 2.45) is 0 Å². The summed E-state index contributed by atoms with van der Waals surface area (Å²) in [5.74, 6) is 1.46. The van der Waals surface area contributed by atoms with Gasteiger partial charge in [0.1, 0.15) is 23.3 Å². The summed E-state index contributed by atoms with van der Waals surface area (Å²) in [7, 11) is 0. The van der Waals surface area contributed by atoms with Crippen molar-refractivity contribution >= 4 is 23.3 Å². The van der Waals surface area contributed by atoms with Crippen molar-refractivity contribution in [2.45, 2.75) is 77.2 Å². The third-order valence-electron chi connectivity index (χ3n) is 7.84. The van der Waals surface area contributed by atoms with Gasteiger partial charge in [0.25, 0.3) is 0 Å². The number of hydrogen-bond donors (Lipinski definition) is 1. The van der Waals surface area contributed by atoms with Crippen LogP contribution in [0.4, 0.5) is 5.82 Å². The molecule has 43 heavy (non-hydrogen) atoms. The fourth-order valence-corrected chi connectivity index (χ4v) is 5.77. The van der Waals surface area contributed by atoms with E-state index in [0.717, 1.165) is 40.3 Å². The second kappa shape index (κ2) is 17.0. The van der Waals surface area contributed by atoms with Gasteiger partial charge in [-0.25, -0.2) is 9.78 Å². The Morgan fingerprint density at radius 2 is 1.56 bits per heavy atom. The molecule has 5 nitrogen and oxygen atoms in total. The van der Waals surface area contributed by atoms with Gasteiger partial charge in [-0.05, 0) is 29.7 Å². The van der Waals surface area contributed by atoms with Gasteiger partial charge in [0, 0.05) is 18.4 Å². The molecular formula is C36H42ClN3NaO2+. The van der Waals surface area contributed by atoms with Crippen LogP contribution in [0.2, 0.25) is 5.02 Å². The summed E-state index contributed by atoms with van der Waals surface area (Å²) in [6.07, 6.45) is 13.1. The normalized spacial score (nSPS) is 13.7. The minimum Gasteiger partial charge on any atom is -1.00 e. The van der Waals surface area contributed by atoms with E-state index in [2.05, 4.69) is 24.4 Å². The Bertz CT molecular complexity index is 1470. The Balaban J connectivity index is 0.00000264. The molecule has 0 bridgehead atoms. The number of hydrogen-bond acceptors (Lipinski definition) is 4. The molecule has 1 N–H and O–H groups in total. The number of rotatable bonds is 15. The van der Waals surface area contributed by atoms with Crippen LogP contribution in [-0.2, 0) is 12.8 Å². The first-order valence-electron chi connectivity index (χ1n) is 15.4. The van der Waals surface area contributed by atoms with E-state index >= 15 is 0 Å². The van der Waals surface area contributed by atoms with Crippen LogP contribution in [0.3, 0.4) is 0 Å². The van der Waals surface area contributed by atoms with E-state index in [0.29, 0.717) is 30.2 Å². The third-order valence-corrected chi connectivity index (χ3v) is 8.14. The van der Waals surface area contributed by atoms with Gasteiger partial charge in [0.2, 0.25) is 0 Å². The van der Waals surface area contributed by atoms with Crippen molar-refractivity contribution < 1.29 is 45.1 Å². The molecule has 7 heteroatoms. The van der Waals surface area contributed by atoms with Crippen LogP contribution in [0, 0.1) is 0 Å². The molecule has 4 aromatic rings. The Morgan fingerprint density at radius 3 is 2.26 bits per heavy atom. The fourth-order valence-electron chi connectivity index (χ4n) is 5.52. The maximum absolute atomic E-state index is 13.7. The van der Waals surface area contributed by atoms with E-state index in [1.807, 2.05) is 72.9 Å². The molecule has 1 aromatic heterocycles. The molecule has 2 heterocycles. The number of fused-ring (bicyclic) bond motifs is 1. The van der Waals surface area contributed by atoms with Crippen molar-refractivity contribution in [3.05, 3.63) is 107 Å². The quantitative estimate of drug-likeness (QED) is 0.109. The fraction of sp³-hybridized carbons (Fsp3) is 0.361. The summed E-state index contributed by atoms with van der Waals surface area (Å²) in [5.41, 5.74) is 4.74. The number of halogens is 1. The van der Waals surface area contributed by atoms with Crippen LogP contribution in [0.15, 0.2) is 85.1 Å². The van der Waals surface area contributed by atoms with Crippen molar-refractivity contribution in [2.75, 3.05) is 11.9 Å². The predicted octanol–water partition coefficient (Wildman–Crippen LogP) is 5.59. The number of unbranched alkanes of at least 4 members (excludes halogenated alkanes) is 7. The Kier molecular flexibility index (Phi) is 13.1. The largest absolute Gasteiger partial charge is 1.00 e. The van der Waals surface area contributed by atoms with Crippen molar-refractivity contribution in [1.82, 2.24) is 4.98 Å². The second-order valence-electron chi connectivity index (χ2n) is 11.1. The number of carbonyl (C=O) groups excluding carboxylic acids is 1. The Labute approximate surface area is 284 Å². The molecule has 3 aromatic carbocycles. The van der Waals surface area contributed by atoms with Gasteiger partial charge in [0.15, 0.2) is 6.04 Å². The molecule has 5 rings (SSSR count). The molecule has 0 spiro atoms. The molecule has 0 saturated heterocycles. The SMILES string of the molecule is CCCCCCCCCCOc1ccc(CC2Nc3c(Cc4ccccc4)nc(-c4ccccc4)c[n+]3C2=O)cc1Cl.[H-].[Na+]. The van der Waals surface area contributed by atoms with Crippen molar-refractivity contribution in [3.63, 3.8) is 0 Å². The molecule has 0 radical (unpaired) electrons. The van der Waals surface area contributed by atoms with Gasteiger partial charge in [-0.3, -0.25) is 5.32 Å². The summed E-state index contributed by atoms with van der Waals surface area (Å²) in [6.45, 7) is 2.92. The zero-order valence-electron chi connectivity index (χ0n) is 26.5. The number of anilines is 1. The zero-order valence-corrected chi connectivity index (χ0v) is 28.3. The zero-order chi connectivity index (χ0) is 29.1. The first-order valence-corrected chi connectivity index (χ1v) is 15.8. The standard InChI is InChI=1S/C36H40ClN3O2.Na.H/c1-2-3-4-5-6-7-8-15-22-42-34-21-20-28(23-30(34)37)25-32-36(41)40-26-33(29-18-13-10-14-19-29)38-31(35(40)39-32)24-27-16-11-9-12-17-27;;/h9-14,16-21,23,26,32H,2-8,15,22,24-25H2,1H3;;/q;+1;-1/p+1. The van der Waals surface area contributed by atoms with Crippen LogP contribution in [0.25, 0.3) is 11.3 Å². The van der Waals surface area contributed by atoms with E-state index < -0.39 is 6.04 Å². The van der Waals surface area contributed by atoms with E-state index in [9.17, 15) is 4.79 Å². The summed E-state index contributed by atoms with van der Waals surface area (Å²) in [6, 6.07) is 25.7. The number of nitrogens with zero attached hydrogens (tertiary/aromatic N) is 2. The molecule has 0 amide bonds. The van der Waals surface area contributed by atoms with Gasteiger partial charge in [0.05, 0.1) is 11.6 Å². The van der Waals surface area contributed by atoms with Crippen molar-refractivity contribution in [3.8, 4) is 17.0 Å².